The number of hydrogen-bond acceptors (Lipinski definition) is 2. The van der Waals surface area contributed by atoms with Gasteiger partial charge in [-0.05, 0) is 76.7 Å². The van der Waals surface area contributed by atoms with E-state index >= 15 is 0 Å². The first-order chi connectivity index (χ1) is 19.1. The molecular formula is C31H23Cl2F3N2O2. The number of anilines is 1. The number of halogens is 5. The van der Waals surface area contributed by atoms with E-state index in [4.69, 9.17) is 23.2 Å². The maximum absolute atomic E-state index is 13.2. The van der Waals surface area contributed by atoms with Gasteiger partial charge in [0.15, 0.2) is 0 Å². The fraction of sp³-hybridized carbons (Fsp3) is 0.161. The summed E-state index contributed by atoms with van der Waals surface area (Å²) in [6.45, 7) is 0.982. The van der Waals surface area contributed by atoms with Crippen LogP contribution < -0.4 is 5.32 Å². The van der Waals surface area contributed by atoms with Crippen molar-refractivity contribution in [3.05, 3.63) is 123 Å². The van der Waals surface area contributed by atoms with Crippen LogP contribution in [0.2, 0.25) is 10.0 Å². The highest BCUT2D eigenvalue weighted by Gasteiger charge is 2.30. The molecule has 0 unspecified atom stereocenters. The molecule has 0 aromatic heterocycles. The van der Waals surface area contributed by atoms with Gasteiger partial charge in [0.1, 0.15) is 0 Å². The van der Waals surface area contributed by atoms with Gasteiger partial charge < -0.3 is 10.2 Å². The fourth-order valence-electron chi connectivity index (χ4n) is 4.75. The van der Waals surface area contributed by atoms with E-state index in [1.807, 2.05) is 12.1 Å². The molecule has 40 heavy (non-hydrogen) atoms. The molecule has 1 aliphatic heterocycles. The first kappa shape index (κ1) is 27.7. The zero-order valence-corrected chi connectivity index (χ0v) is 22.6. The highest BCUT2D eigenvalue weighted by atomic mass is 35.5. The van der Waals surface area contributed by atoms with E-state index in [9.17, 15) is 22.8 Å². The molecule has 204 valence electrons. The Morgan fingerprint density at radius 3 is 2.35 bits per heavy atom. The summed E-state index contributed by atoms with van der Waals surface area (Å²) in [7, 11) is 0. The molecule has 1 N–H and O–H groups in total. The van der Waals surface area contributed by atoms with E-state index in [0.717, 1.165) is 28.8 Å². The standard InChI is InChI=1S/C31H23Cl2F3N2O2/c32-24-11-7-21(28(33)17-24)16-29(39)38-14-13-20-15-25(12-8-22(20)18-38)37-30(40)27-4-2-1-3-26(27)19-5-9-23(10-6-19)31(34,35)36/h1-12,15,17H,13-14,16,18H2,(H,37,40). The van der Waals surface area contributed by atoms with Crippen molar-refractivity contribution in [3.63, 3.8) is 0 Å². The molecule has 5 rings (SSSR count). The molecular weight excluding hydrogens is 560 g/mol. The maximum atomic E-state index is 13.2. The number of nitrogens with one attached hydrogen (secondary N) is 1. The fourth-order valence-corrected chi connectivity index (χ4v) is 5.23. The van der Waals surface area contributed by atoms with E-state index in [0.29, 0.717) is 51.9 Å². The van der Waals surface area contributed by atoms with E-state index in [-0.39, 0.29) is 18.2 Å². The third-order valence-electron chi connectivity index (χ3n) is 6.88. The van der Waals surface area contributed by atoms with Crippen molar-refractivity contribution in [2.75, 3.05) is 11.9 Å². The van der Waals surface area contributed by atoms with Gasteiger partial charge in [0.2, 0.25) is 5.91 Å². The third-order valence-corrected chi connectivity index (χ3v) is 7.47. The molecule has 9 heteroatoms. The normalized spacial score (nSPS) is 13.1. The lowest BCUT2D eigenvalue weighted by Crippen LogP contribution is -2.37. The van der Waals surface area contributed by atoms with E-state index < -0.39 is 11.7 Å². The van der Waals surface area contributed by atoms with E-state index in [2.05, 4.69) is 5.32 Å². The maximum Gasteiger partial charge on any atom is 0.416 e. The Hall–Kier alpha value is -3.81. The van der Waals surface area contributed by atoms with Crippen molar-refractivity contribution in [2.24, 2.45) is 0 Å². The van der Waals surface area contributed by atoms with Gasteiger partial charge in [0, 0.05) is 34.4 Å². The third kappa shape index (κ3) is 6.16. The zero-order chi connectivity index (χ0) is 28.4. The van der Waals surface area contributed by atoms with Crippen LogP contribution in [0.4, 0.5) is 18.9 Å². The topological polar surface area (TPSA) is 49.4 Å². The molecule has 4 nitrogen and oxygen atoms in total. The number of rotatable bonds is 5. The van der Waals surface area contributed by atoms with Gasteiger partial charge >= 0.3 is 6.18 Å². The van der Waals surface area contributed by atoms with Crippen molar-refractivity contribution < 1.29 is 22.8 Å². The number of hydrogen-bond donors (Lipinski definition) is 1. The number of fused-ring (bicyclic) bond motifs is 1. The van der Waals surface area contributed by atoms with Crippen LogP contribution in [0.25, 0.3) is 11.1 Å². The number of carbonyl (C=O) groups is 2. The monoisotopic (exact) mass is 582 g/mol. The summed E-state index contributed by atoms with van der Waals surface area (Å²) in [5, 5.41) is 3.88. The lowest BCUT2D eigenvalue weighted by molar-refractivity contribution is -0.137. The summed E-state index contributed by atoms with van der Waals surface area (Å²) < 4.78 is 38.9. The number of alkyl halides is 3. The van der Waals surface area contributed by atoms with Crippen molar-refractivity contribution >= 4 is 40.7 Å². The van der Waals surface area contributed by atoms with Gasteiger partial charge in [0.25, 0.3) is 5.91 Å². The number of nitrogens with zero attached hydrogens (tertiary/aromatic N) is 1. The second-order valence-electron chi connectivity index (χ2n) is 9.54. The van der Waals surface area contributed by atoms with Crippen LogP contribution in [0.3, 0.4) is 0 Å². The molecule has 0 aliphatic carbocycles. The largest absolute Gasteiger partial charge is 0.416 e. The van der Waals surface area contributed by atoms with E-state index in [1.54, 1.807) is 53.4 Å². The quantitative estimate of drug-likeness (QED) is 0.259. The molecule has 0 saturated carbocycles. The molecule has 0 radical (unpaired) electrons. The molecule has 0 atom stereocenters. The summed E-state index contributed by atoms with van der Waals surface area (Å²) in [6.07, 6.45) is -3.63. The van der Waals surface area contributed by atoms with Crippen LogP contribution in [0.15, 0.2) is 84.9 Å². The first-order valence-corrected chi connectivity index (χ1v) is 13.3. The summed E-state index contributed by atoms with van der Waals surface area (Å²) in [5.74, 6) is -0.407. The van der Waals surface area contributed by atoms with Crippen LogP contribution in [-0.2, 0) is 30.4 Å². The Kier molecular flexibility index (Phi) is 7.88. The minimum atomic E-state index is -4.43. The number of amides is 2. The highest BCUT2D eigenvalue weighted by Crippen LogP contribution is 2.32. The molecule has 1 heterocycles. The smallest absolute Gasteiger partial charge is 0.338 e. The molecule has 0 saturated heterocycles. The lowest BCUT2D eigenvalue weighted by atomic mass is 9.97. The number of carbonyl (C=O) groups excluding carboxylic acids is 2. The van der Waals surface area contributed by atoms with Crippen LogP contribution in [0, 0.1) is 0 Å². The average molecular weight is 583 g/mol. The molecule has 2 amide bonds. The second-order valence-corrected chi connectivity index (χ2v) is 10.4. The van der Waals surface area contributed by atoms with E-state index in [1.165, 1.54) is 12.1 Å². The second kappa shape index (κ2) is 11.4. The van der Waals surface area contributed by atoms with Crippen LogP contribution in [-0.4, -0.2) is 23.3 Å². The Morgan fingerprint density at radius 2 is 1.62 bits per heavy atom. The minimum absolute atomic E-state index is 0.0351. The zero-order valence-electron chi connectivity index (χ0n) is 21.1. The summed E-state index contributed by atoms with van der Waals surface area (Å²) in [4.78, 5) is 27.9. The Labute approximate surface area is 239 Å². The molecule has 0 bridgehead atoms. The lowest BCUT2D eigenvalue weighted by Gasteiger charge is -2.29. The predicted octanol–water partition coefficient (Wildman–Crippen LogP) is 8.06. The van der Waals surface area contributed by atoms with Gasteiger partial charge in [-0.3, -0.25) is 9.59 Å². The summed E-state index contributed by atoms with van der Waals surface area (Å²) in [6, 6.07) is 22.2. The molecule has 0 fully saturated rings. The molecule has 0 spiro atoms. The predicted molar refractivity (Wildman–Crippen MR) is 151 cm³/mol. The first-order valence-electron chi connectivity index (χ1n) is 12.5. The van der Waals surface area contributed by atoms with Crippen LogP contribution in [0.1, 0.15) is 32.6 Å². The van der Waals surface area contributed by atoms with Crippen LogP contribution in [0.5, 0.6) is 0 Å². The minimum Gasteiger partial charge on any atom is -0.338 e. The van der Waals surface area contributed by atoms with Gasteiger partial charge in [-0.2, -0.15) is 13.2 Å². The Bertz CT molecular complexity index is 1590. The van der Waals surface area contributed by atoms with Gasteiger partial charge in [-0.1, -0.05) is 65.7 Å². The number of benzene rings is 4. The van der Waals surface area contributed by atoms with Crippen molar-refractivity contribution in [1.29, 1.82) is 0 Å². The average Bonchev–Trinajstić information content (AvgIpc) is 2.94. The van der Waals surface area contributed by atoms with Gasteiger partial charge in [0.05, 0.1) is 12.0 Å². The Morgan fingerprint density at radius 1 is 0.875 bits per heavy atom. The van der Waals surface area contributed by atoms with Crippen molar-refractivity contribution in [3.8, 4) is 11.1 Å². The highest BCUT2D eigenvalue weighted by molar-refractivity contribution is 6.35. The van der Waals surface area contributed by atoms with Crippen molar-refractivity contribution in [2.45, 2.75) is 25.6 Å². The summed E-state index contributed by atoms with van der Waals surface area (Å²) >= 11 is 12.2. The van der Waals surface area contributed by atoms with Crippen LogP contribution >= 0.6 is 23.2 Å². The summed E-state index contributed by atoms with van der Waals surface area (Å²) in [5.41, 5.74) is 3.97. The molecule has 4 aromatic carbocycles. The molecule has 1 aliphatic rings. The molecule has 4 aromatic rings. The van der Waals surface area contributed by atoms with Crippen molar-refractivity contribution in [1.82, 2.24) is 4.90 Å². The van der Waals surface area contributed by atoms with Gasteiger partial charge in [-0.15, -0.1) is 0 Å². The van der Waals surface area contributed by atoms with Gasteiger partial charge in [-0.25, -0.2) is 0 Å². The SMILES string of the molecule is O=C(Nc1ccc2c(c1)CCN(C(=O)Cc1ccc(Cl)cc1Cl)C2)c1ccccc1-c1ccc(C(F)(F)F)cc1. The Balaban J connectivity index is 1.28.